The van der Waals surface area contributed by atoms with Gasteiger partial charge in [-0.05, 0) is 13.3 Å². The SMILES string of the molecule is CCOC(=O)[C@@H]1C[C@@]1(Br)Cn1cnc2c(N)ncnc21. The normalized spacial score (nSPS) is 24.8. The monoisotopic (exact) mass is 339 g/mol. The standard InChI is InChI=1S/C12H14BrN5O2/c1-2-20-11(19)7-3-12(7,13)4-18-6-17-8-9(14)15-5-16-10(8)18/h5-7H,2-4H2,1H3,(H2,14,15,16)/t7-,12+/m0/s1. The number of carbonyl (C=O) groups is 1. The summed E-state index contributed by atoms with van der Waals surface area (Å²) < 4.78 is 6.64. The first-order valence-corrected chi connectivity index (χ1v) is 7.11. The van der Waals surface area contributed by atoms with Crippen LogP contribution in [-0.4, -0.2) is 36.4 Å². The first-order chi connectivity index (χ1) is 9.55. The van der Waals surface area contributed by atoms with Gasteiger partial charge in [0.05, 0.1) is 23.2 Å². The Kier molecular flexibility index (Phi) is 3.12. The van der Waals surface area contributed by atoms with Gasteiger partial charge in [-0.25, -0.2) is 15.0 Å². The van der Waals surface area contributed by atoms with Crippen LogP contribution < -0.4 is 5.73 Å². The Morgan fingerprint density at radius 3 is 3.15 bits per heavy atom. The molecule has 1 aliphatic rings. The van der Waals surface area contributed by atoms with E-state index in [2.05, 4.69) is 30.9 Å². The molecule has 2 atom stereocenters. The molecule has 1 saturated carbocycles. The van der Waals surface area contributed by atoms with Gasteiger partial charge in [0, 0.05) is 6.54 Å². The highest BCUT2D eigenvalue weighted by molar-refractivity contribution is 9.10. The van der Waals surface area contributed by atoms with Crippen LogP contribution in [0.1, 0.15) is 13.3 Å². The van der Waals surface area contributed by atoms with E-state index in [1.807, 2.05) is 4.57 Å². The molecule has 0 unspecified atom stereocenters. The van der Waals surface area contributed by atoms with Gasteiger partial charge in [-0.2, -0.15) is 0 Å². The molecule has 0 bridgehead atoms. The summed E-state index contributed by atoms with van der Waals surface area (Å²) in [4.78, 5) is 24.1. The summed E-state index contributed by atoms with van der Waals surface area (Å²) in [6, 6.07) is 0. The number of alkyl halides is 1. The highest BCUT2D eigenvalue weighted by atomic mass is 79.9. The Morgan fingerprint density at radius 1 is 1.60 bits per heavy atom. The van der Waals surface area contributed by atoms with Gasteiger partial charge in [0.25, 0.3) is 0 Å². The first-order valence-electron chi connectivity index (χ1n) is 6.32. The molecule has 1 aliphatic carbocycles. The summed E-state index contributed by atoms with van der Waals surface area (Å²) in [5, 5.41) is 0. The zero-order valence-corrected chi connectivity index (χ0v) is 12.5. The summed E-state index contributed by atoms with van der Waals surface area (Å²) in [5.74, 6) is 0.0668. The molecule has 2 heterocycles. The fraction of sp³-hybridized carbons (Fsp3) is 0.500. The Labute approximate surface area is 123 Å². The molecule has 0 spiro atoms. The predicted molar refractivity (Wildman–Crippen MR) is 76.1 cm³/mol. The van der Waals surface area contributed by atoms with Gasteiger partial charge in [0.15, 0.2) is 11.5 Å². The Balaban J connectivity index is 1.81. The number of anilines is 1. The summed E-state index contributed by atoms with van der Waals surface area (Å²) in [5.41, 5.74) is 7.00. The molecule has 3 rings (SSSR count). The highest BCUT2D eigenvalue weighted by Gasteiger charge is 2.58. The fourth-order valence-electron chi connectivity index (χ4n) is 2.29. The van der Waals surface area contributed by atoms with Gasteiger partial charge in [-0.3, -0.25) is 4.79 Å². The van der Waals surface area contributed by atoms with Crippen LogP contribution in [0.15, 0.2) is 12.7 Å². The number of fused-ring (bicyclic) bond motifs is 1. The van der Waals surface area contributed by atoms with E-state index in [1.54, 1.807) is 13.3 Å². The maximum absolute atomic E-state index is 11.7. The molecular formula is C12H14BrN5O2. The maximum Gasteiger partial charge on any atom is 0.310 e. The predicted octanol–water partition coefficient (Wildman–Crippen LogP) is 1.13. The average Bonchev–Trinajstić information content (AvgIpc) is 2.90. The first kappa shape index (κ1) is 13.3. The second-order valence-corrected chi connectivity index (χ2v) is 6.43. The highest BCUT2D eigenvalue weighted by Crippen LogP contribution is 2.53. The number of ether oxygens (including phenoxy) is 1. The molecule has 2 N–H and O–H groups in total. The molecule has 0 aromatic carbocycles. The van der Waals surface area contributed by atoms with Gasteiger partial charge in [0.1, 0.15) is 11.8 Å². The molecule has 106 valence electrons. The van der Waals surface area contributed by atoms with Crippen LogP contribution in [0.3, 0.4) is 0 Å². The zero-order chi connectivity index (χ0) is 14.3. The minimum absolute atomic E-state index is 0.126. The van der Waals surface area contributed by atoms with Crippen molar-refractivity contribution in [2.24, 2.45) is 5.92 Å². The van der Waals surface area contributed by atoms with E-state index in [1.165, 1.54) is 6.33 Å². The van der Waals surface area contributed by atoms with E-state index in [-0.39, 0.29) is 16.2 Å². The van der Waals surface area contributed by atoms with Crippen LogP contribution >= 0.6 is 15.9 Å². The van der Waals surface area contributed by atoms with Gasteiger partial charge in [0.2, 0.25) is 0 Å². The van der Waals surface area contributed by atoms with Crippen molar-refractivity contribution < 1.29 is 9.53 Å². The average molecular weight is 340 g/mol. The van der Waals surface area contributed by atoms with Crippen molar-refractivity contribution in [2.75, 3.05) is 12.3 Å². The summed E-state index contributed by atoms with van der Waals surface area (Å²) in [6.45, 7) is 2.79. The van der Waals surface area contributed by atoms with Crippen LogP contribution in [0.2, 0.25) is 0 Å². The molecule has 0 radical (unpaired) electrons. The number of imidazole rings is 1. The Hall–Kier alpha value is -1.70. The zero-order valence-electron chi connectivity index (χ0n) is 10.9. The van der Waals surface area contributed by atoms with Crippen LogP contribution in [0.4, 0.5) is 5.82 Å². The quantitative estimate of drug-likeness (QED) is 0.662. The largest absolute Gasteiger partial charge is 0.466 e. The Morgan fingerprint density at radius 2 is 2.40 bits per heavy atom. The van der Waals surface area contributed by atoms with E-state index in [9.17, 15) is 4.79 Å². The van der Waals surface area contributed by atoms with E-state index >= 15 is 0 Å². The van der Waals surface area contributed by atoms with Gasteiger partial charge >= 0.3 is 5.97 Å². The van der Waals surface area contributed by atoms with Crippen molar-refractivity contribution in [2.45, 2.75) is 24.2 Å². The van der Waals surface area contributed by atoms with Crippen molar-refractivity contribution in [3.05, 3.63) is 12.7 Å². The van der Waals surface area contributed by atoms with Crippen molar-refractivity contribution >= 4 is 38.9 Å². The third-order valence-electron chi connectivity index (χ3n) is 3.44. The second-order valence-electron chi connectivity index (χ2n) is 4.85. The minimum atomic E-state index is -0.285. The minimum Gasteiger partial charge on any atom is -0.466 e. The topological polar surface area (TPSA) is 95.9 Å². The number of halogens is 1. The molecule has 0 aliphatic heterocycles. The number of esters is 1. The van der Waals surface area contributed by atoms with Gasteiger partial charge in [-0.1, -0.05) is 15.9 Å². The number of aromatic nitrogens is 4. The fourth-order valence-corrected chi connectivity index (χ4v) is 3.07. The number of rotatable bonds is 4. The van der Waals surface area contributed by atoms with Crippen molar-refractivity contribution in [1.82, 2.24) is 19.5 Å². The third kappa shape index (κ3) is 2.13. The van der Waals surface area contributed by atoms with E-state index < -0.39 is 0 Å². The Bertz CT molecular complexity index is 673. The molecule has 2 aromatic heterocycles. The van der Waals surface area contributed by atoms with E-state index in [0.29, 0.717) is 30.1 Å². The molecule has 0 saturated heterocycles. The lowest BCUT2D eigenvalue weighted by atomic mass is 10.3. The lowest BCUT2D eigenvalue weighted by Gasteiger charge is -2.10. The van der Waals surface area contributed by atoms with Crippen molar-refractivity contribution in [1.29, 1.82) is 0 Å². The number of nitrogen functional groups attached to an aromatic ring is 1. The van der Waals surface area contributed by atoms with Crippen LogP contribution in [-0.2, 0) is 16.1 Å². The smallest absolute Gasteiger partial charge is 0.310 e. The van der Waals surface area contributed by atoms with Crippen LogP contribution in [0.5, 0.6) is 0 Å². The number of nitrogens with two attached hydrogens (primary N) is 1. The van der Waals surface area contributed by atoms with Crippen molar-refractivity contribution in [3.63, 3.8) is 0 Å². The summed E-state index contributed by atoms with van der Waals surface area (Å²) in [7, 11) is 0. The lowest BCUT2D eigenvalue weighted by Crippen LogP contribution is -2.19. The second kappa shape index (κ2) is 4.69. The van der Waals surface area contributed by atoms with E-state index in [4.69, 9.17) is 10.5 Å². The molecule has 2 aromatic rings. The number of carbonyl (C=O) groups excluding carboxylic acids is 1. The van der Waals surface area contributed by atoms with E-state index in [0.717, 1.165) is 6.42 Å². The number of nitrogens with zero attached hydrogens (tertiary/aromatic N) is 4. The molecule has 20 heavy (non-hydrogen) atoms. The van der Waals surface area contributed by atoms with Gasteiger partial charge in [-0.15, -0.1) is 0 Å². The molecule has 8 heteroatoms. The lowest BCUT2D eigenvalue weighted by molar-refractivity contribution is -0.144. The number of hydrogen-bond donors (Lipinski definition) is 1. The molecule has 0 amide bonds. The molecular weight excluding hydrogens is 326 g/mol. The summed E-state index contributed by atoms with van der Waals surface area (Å²) >= 11 is 3.63. The summed E-state index contributed by atoms with van der Waals surface area (Å²) in [6.07, 6.45) is 3.82. The maximum atomic E-state index is 11.7. The van der Waals surface area contributed by atoms with Gasteiger partial charge < -0.3 is 15.0 Å². The number of hydrogen-bond acceptors (Lipinski definition) is 6. The van der Waals surface area contributed by atoms with Crippen LogP contribution in [0, 0.1) is 5.92 Å². The third-order valence-corrected chi connectivity index (χ3v) is 4.57. The van der Waals surface area contributed by atoms with Crippen molar-refractivity contribution in [3.8, 4) is 0 Å². The molecule has 1 fully saturated rings. The molecule has 7 nitrogen and oxygen atoms in total. The van der Waals surface area contributed by atoms with Crippen LogP contribution in [0.25, 0.3) is 11.2 Å².